The molecule has 0 radical (unpaired) electrons. The van der Waals surface area contributed by atoms with Gasteiger partial charge in [-0.1, -0.05) is 32.6 Å². The minimum Gasteiger partial charge on any atom is -0.329 e. The van der Waals surface area contributed by atoms with Crippen LogP contribution < -0.4 is 11.1 Å². The standard InChI is InChI=1S/C15H30N2/c1-2-4-13-5-3-9-15(12-16,10-8-13)17-11-14-6-7-14/h13-14,17H,2-12,16H2,1H3. The normalized spacial score (nSPS) is 34.6. The van der Waals surface area contributed by atoms with E-state index in [9.17, 15) is 0 Å². The highest BCUT2D eigenvalue weighted by molar-refractivity contribution is 4.93. The predicted octanol–water partition coefficient (Wildman–Crippen LogP) is 3.06. The summed E-state index contributed by atoms with van der Waals surface area (Å²) >= 11 is 0. The summed E-state index contributed by atoms with van der Waals surface area (Å²) < 4.78 is 0. The lowest BCUT2D eigenvalue weighted by Crippen LogP contribution is -2.51. The Hall–Kier alpha value is -0.0800. The number of nitrogens with one attached hydrogen (secondary N) is 1. The minimum atomic E-state index is 0.283. The van der Waals surface area contributed by atoms with Gasteiger partial charge in [-0.05, 0) is 50.5 Å². The molecule has 2 unspecified atom stereocenters. The lowest BCUT2D eigenvalue weighted by atomic mass is 9.89. The van der Waals surface area contributed by atoms with Crippen LogP contribution in [-0.2, 0) is 0 Å². The van der Waals surface area contributed by atoms with E-state index in [2.05, 4.69) is 12.2 Å². The maximum Gasteiger partial charge on any atom is 0.0304 e. The Morgan fingerprint density at radius 1 is 1.12 bits per heavy atom. The monoisotopic (exact) mass is 238 g/mol. The fourth-order valence-electron chi connectivity index (χ4n) is 3.31. The summed E-state index contributed by atoms with van der Waals surface area (Å²) in [5.74, 6) is 1.93. The zero-order valence-corrected chi connectivity index (χ0v) is 11.5. The zero-order chi connectivity index (χ0) is 12.1. The Bertz CT molecular complexity index is 225. The summed E-state index contributed by atoms with van der Waals surface area (Å²) in [7, 11) is 0. The summed E-state index contributed by atoms with van der Waals surface area (Å²) in [6, 6.07) is 0. The molecule has 2 heteroatoms. The fraction of sp³-hybridized carbons (Fsp3) is 1.00. The van der Waals surface area contributed by atoms with Crippen LogP contribution in [0.25, 0.3) is 0 Å². The topological polar surface area (TPSA) is 38.0 Å². The Morgan fingerprint density at radius 2 is 1.94 bits per heavy atom. The van der Waals surface area contributed by atoms with Gasteiger partial charge in [-0.2, -0.15) is 0 Å². The van der Waals surface area contributed by atoms with Crippen molar-refractivity contribution in [3.8, 4) is 0 Å². The first kappa shape index (κ1) is 13.4. The van der Waals surface area contributed by atoms with Crippen LogP contribution in [0.4, 0.5) is 0 Å². The fourth-order valence-corrected chi connectivity index (χ4v) is 3.31. The summed E-state index contributed by atoms with van der Waals surface area (Å²) in [4.78, 5) is 0. The molecule has 2 nitrogen and oxygen atoms in total. The molecule has 2 rings (SSSR count). The third kappa shape index (κ3) is 3.96. The summed E-state index contributed by atoms with van der Waals surface area (Å²) in [6.45, 7) is 4.36. The van der Waals surface area contributed by atoms with E-state index in [1.807, 2.05) is 0 Å². The molecule has 100 valence electrons. The molecule has 2 saturated carbocycles. The van der Waals surface area contributed by atoms with Crippen LogP contribution in [0.15, 0.2) is 0 Å². The van der Waals surface area contributed by atoms with Gasteiger partial charge in [-0.25, -0.2) is 0 Å². The number of rotatable bonds is 6. The Balaban J connectivity index is 1.83. The van der Waals surface area contributed by atoms with Gasteiger partial charge in [-0.3, -0.25) is 0 Å². The highest BCUT2D eigenvalue weighted by Gasteiger charge is 2.33. The smallest absolute Gasteiger partial charge is 0.0304 e. The van der Waals surface area contributed by atoms with Crippen LogP contribution in [0, 0.1) is 11.8 Å². The van der Waals surface area contributed by atoms with Crippen LogP contribution in [0.1, 0.15) is 64.7 Å². The highest BCUT2D eigenvalue weighted by atomic mass is 15.0. The Kier molecular flexibility index (Phi) is 4.87. The van der Waals surface area contributed by atoms with E-state index in [1.54, 1.807) is 0 Å². The second-order valence-electron chi connectivity index (χ2n) is 6.39. The second-order valence-corrected chi connectivity index (χ2v) is 6.39. The van der Waals surface area contributed by atoms with Gasteiger partial charge in [0.05, 0.1) is 0 Å². The average molecular weight is 238 g/mol. The van der Waals surface area contributed by atoms with Crippen molar-refractivity contribution in [3.63, 3.8) is 0 Å². The van der Waals surface area contributed by atoms with E-state index < -0.39 is 0 Å². The van der Waals surface area contributed by atoms with Crippen LogP contribution in [0.5, 0.6) is 0 Å². The van der Waals surface area contributed by atoms with Gasteiger partial charge < -0.3 is 11.1 Å². The van der Waals surface area contributed by atoms with E-state index in [1.165, 1.54) is 64.3 Å². The van der Waals surface area contributed by atoms with Gasteiger partial charge in [0.1, 0.15) is 0 Å². The molecular formula is C15H30N2. The molecule has 0 aliphatic heterocycles. The molecule has 0 aromatic carbocycles. The van der Waals surface area contributed by atoms with Crippen LogP contribution in [0.3, 0.4) is 0 Å². The lowest BCUT2D eigenvalue weighted by molar-refractivity contribution is 0.283. The number of hydrogen-bond acceptors (Lipinski definition) is 2. The first-order chi connectivity index (χ1) is 8.28. The quantitative estimate of drug-likeness (QED) is 0.698. The average Bonchev–Trinajstić information content (AvgIpc) is 3.15. The maximum absolute atomic E-state index is 6.07. The van der Waals surface area contributed by atoms with E-state index in [-0.39, 0.29) is 5.54 Å². The number of hydrogen-bond donors (Lipinski definition) is 2. The molecular weight excluding hydrogens is 208 g/mol. The third-order valence-electron chi connectivity index (χ3n) is 4.85. The van der Waals surface area contributed by atoms with Crippen molar-refractivity contribution in [1.82, 2.24) is 5.32 Å². The SMILES string of the molecule is CCCC1CCCC(CN)(NCC2CC2)CC1. The molecule has 2 fully saturated rings. The lowest BCUT2D eigenvalue weighted by Gasteiger charge is -2.33. The van der Waals surface area contributed by atoms with Gasteiger partial charge >= 0.3 is 0 Å². The van der Waals surface area contributed by atoms with Gasteiger partial charge in [-0.15, -0.1) is 0 Å². The van der Waals surface area contributed by atoms with Crippen molar-refractivity contribution >= 4 is 0 Å². The Labute approximate surface area is 107 Å². The van der Waals surface area contributed by atoms with Crippen molar-refractivity contribution < 1.29 is 0 Å². The van der Waals surface area contributed by atoms with Crippen molar-refractivity contribution in [1.29, 1.82) is 0 Å². The van der Waals surface area contributed by atoms with Gasteiger partial charge in [0.25, 0.3) is 0 Å². The van der Waals surface area contributed by atoms with Crippen molar-refractivity contribution in [3.05, 3.63) is 0 Å². The molecule has 0 heterocycles. The first-order valence-corrected chi connectivity index (χ1v) is 7.73. The van der Waals surface area contributed by atoms with Gasteiger partial charge in [0.2, 0.25) is 0 Å². The van der Waals surface area contributed by atoms with E-state index >= 15 is 0 Å². The van der Waals surface area contributed by atoms with Crippen molar-refractivity contribution in [2.24, 2.45) is 17.6 Å². The summed E-state index contributed by atoms with van der Waals surface area (Å²) in [5.41, 5.74) is 6.35. The predicted molar refractivity (Wildman–Crippen MR) is 74.0 cm³/mol. The first-order valence-electron chi connectivity index (χ1n) is 7.73. The molecule has 0 bridgehead atoms. The van der Waals surface area contributed by atoms with E-state index in [0.717, 1.165) is 18.4 Å². The summed E-state index contributed by atoms with van der Waals surface area (Å²) in [6.07, 6.45) is 12.4. The molecule has 0 saturated heterocycles. The highest BCUT2D eigenvalue weighted by Crippen LogP contribution is 2.34. The van der Waals surface area contributed by atoms with Crippen LogP contribution >= 0.6 is 0 Å². The molecule has 0 aromatic rings. The van der Waals surface area contributed by atoms with Crippen LogP contribution in [-0.4, -0.2) is 18.6 Å². The van der Waals surface area contributed by atoms with E-state index in [4.69, 9.17) is 5.73 Å². The number of nitrogens with two attached hydrogens (primary N) is 1. The molecule has 0 amide bonds. The van der Waals surface area contributed by atoms with Crippen molar-refractivity contribution in [2.45, 2.75) is 70.3 Å². The molecule has 17 heavy (non-hydrogen) atoms. The zero-order valence-electron chi connectivity index (χ0n) is 11.5. The molecule has 2 aliphatic rings. The second kappa shape index (κ2) is 6.19. The van der Waals surface area contributed by atoms with E-state index in [0.29, 0.717) is 0 Å². The van der Waals surface area contributed by atoms with Gasteiger partial charge in [0, 0.05) is 12.1 Å². The maximum atomic E-state index is 6.07. The molecule has 0 spiro atoms. The van der Waals surface area contributed by atoms with Gasteiger partial charge in [0.15, 0.2) is 0 Å². The molecule has 3 N–H and O–H groups in total. The summed E-state index contributed by atoms with van der Waals surface area (Å²) in [5, 5.41) is 3.82. The molecule has 0 aromatic heterocycles. The third-order valence-corrected chi connectivity index (χ3v) is 4.85. The van der Waals surface area contributed by atoms with Crippen LogP contribution in [0.2, 0.25) is 0 Å². The molecule has 2 atom stereocenters. The largest absolute Gasteiger partial charge is 0.329 e. The minimum absolute atomic E-state index is 0.283. The molecule has 2 aliphatic carbocycles. The Morgan fingerprint density at radius 3 is 2.59 bits per heavy atom. The van der Waals surface area contributed by atoms with Crippen molar-refractivity contribution in [2.75, 3.05) is 13.1 Å².